The largest absolute Gasteiger partial charge is 0.469 e. The third kappa shape index (κ3) is 7.23. The van der Waals surface area contributed by atoms with Crippen molar-refractivity contribution in [3.63, 3.8) is 0 Å². The van der Waals surface area contributed by atoms with Crippen molar-refractivity contribution in [2.75, 3.05) is 25.5 Å². The number of hydrogen-bond donors (Lipinski definition) is 1. The van der Waals surface area contributed by atoms with Crippen LogP contribution in [0.1, 0.15) is 12.0 Å². The number of nitrogens with one attached hydrogen (secondary N) is 1. The summed E-state index contributed by atoms with van der Waals surface area (Å²) >= 11 is 2.20. The fraction of sp³-hybridized carbons (Fsp3) is 0.263. The number of nitrogens with zero attached hydrogens (tertiary/aromatic N) is 1. The van der Waals surface area contributed by atoms with E-state index < -0.39 is 0 Å². The van der Waals surface area contributed by atoms with Gasteiger partial charge in [-0.05, 0) is 46.4 Å². The Hall–Kier alpha value is -1.93. The van der Waals surface area contributed by atoms with Gasteiger partial charge in [0, 0.05) is 22.3 Å². The maximum Gasteiger partial charge on any atom is 0.306 e. The second kappa shape index (κ2) is 10.1. The third-order valence-corrected chi connectivity index (χ3v) is 4.26. The van der Waals surface area contributed by atoms with Crippen LogP contribution in [0.15, 0.2) is 54.6 Å². The van der Waals surface area contributed by atoms with Crippen molar-refractivity contribution in [3.05, 3.63) is 63.7 Å². The van der Waals surface area contributed by atoms with Crippen molar-refractivity contribution in [1.29, 1.82) is 0 Å². The topological polar surface area (TPSA) is 58.6 Å². The van der Waals surface area contributed by atoms with Crippen molar-refractivity contribution in [2.24, 2.45) is 0 Å². The molecule has 1 amide bonds. The number of carbonyl (C=O) groups is 2. The highest BCUT2D eigenvalue weighted by atomic mass is 127. The molecule has 0 saturated carbocycles. The van der Waals surface area contributed by atoms with Crippen molar-refractivity contribution >= 4 is 40.2 Å². The summed E-state index contributed by atoms with van der Waals surface area (Å²) < 4.78 is 5.76. The van der Waals surface area contributed by atoms with E-state index in [0.29, 0.717) is 13.1 Å². The predicted molar refractivity (Wildman–Crippen MR) is 106 cm³/mol. The molecular weight excluding hydrogens is 431 g/mol. The Morgan fingerprint density at radius 1 is 1.12 bits per heavy atom. The summed E-state index contributed by atoms with van der Waals surface area (Å²) in [5, 5.41) is 2.90. The number of rotatable bonds is 8. The Bertz CT molecular complexity index is 707. The predicted octanol–water partition coefficient (Wildman–Crippen LogP) is 3.30. The van der Waals surface area contributed by atoms with E-state index in [-0.39, 0.29) is 24.8 Å². The number of anilines is 1. The molecule has 0 atom stereocenters. The molecule has 0 unspecified atom stereocenters. The van der Waals surface area contributed by atoms with Gasteiger partial charge in [0.2, 0.25) is 5.91 Å². The first kappa shape index (κ1) is 19.4. The number of methoxy groups -OCH3 is 1. The molecule has 0 aromatic heterocycles. The van der Waals surface area contributed by atoms with E-state index >= 15 is 0 Å². The van der Waals surface area contributed by atoms with Crippen LogP contribution in [0.3, 0.4) is 0 Å². The Balaban J connectivity index is 1.98. The van der Waals surface area contributed by atoms with Gasteiger partial charge in [0.1, 0.15) is 0 Å². The molecule has 5 nitrogen and oxygen atoms in total. The van der Waals surface area contributed by atoms with Gasteiger partial charge in [-0.2, -0.15) is 0 Å². The maximum absolute atomic E-state index is 12.4. The Labute approximate surface area is 161 Å². The van der Waals surface area contributed by atoms with Crippen LogP contribution in [0.2, 0.25) is 0 Å². The van der Waals surface area contributed by atoms with Crippen LogP contribution in [0.25, 0.3) is 0 Å². The molecule has 6 heteroatoms. The van der Waals surface area contributed by atoms with Gasteiger partial charge in [-0.15, -0.1) is 0 Å². The number of amides is 1. The number of esters is 1. The second-order valence-electron chi connectivity index (χ2n) is 5.58. The lowest BCUT2D eigenvalue weighted by Crippen LogP contribution is -2.34. The van der Waals surface area contributed by atoms with Gasteiger partial charge in [-0.3, -0.25) is 14.5 Å². The number of benzene rings is 2. The third-order valence-electron chi connectivity index (χ3n) is 3.58. The van der Waals surface area contributed by atoms with Gasteiger partial charge in [0.15, 0.2) is 0 Å². The average Bonchev–Trinajstić information content (AvgIpc) is 2.60. The summed E-state index contributed by atoms with van der Waals surface area (Å²) in [5.41, 5.74) is 1.86. The smallest absolute Gasteiger partial charge is 0.306 e. The molecule has 132 valence electrons. The van der Waals surface area contributed by atoms with Crippen molar-refractivity contribution in [1.82, 2.24) is 4.90 Å². The molecular formula is C19H21IN2O3. The molecule has 0 radical (unpaired) electrons. The van der Waals surface area contributed by atoms with Crippen LogP contribution < -0.4 is 5.32 Å². The lowest BCUT2D eigenvalue weighted by atomic mass is 10.2. The molecule has 0 heterocycles. The summed E-state index contributed by atoms with van der Waals surface area (Å²) in [6.07, 6.45) is 0.250. The van der Waals surface area contributed by atoms with Gasteiger partial charge in [0.05, 0.1) is 20.1 Å². The van der Waals surface area contributed by atoms with Crippen LogP contribution >= 0.6 is 22.6 Å². The average molecular weight is 452 g/mol. The Morgan fingerprint density at radius 2 is 1.88 bits per heavy atom. The summed E-state index contributed by atoms with van der Waals surface area (Å²) in [6.45, 7) is 1.26. The SMILES string of the molecule is COC(=O)CCN(CC(=O)Nc1cccc(I)c1)Cc1ccccc1. The molecule has 0 bridgehead atoms. The van der Waals surface area contributed by atoms with E-state index in [1.807, 2.05) is 59.5 Å². The zero-order valence-corrected chi connectivity index (χ0v) is 16.2. The second-order valence-corrected chi connectivity index (χ2v) is 6.83. The first-order valence-corrected chi connectivity index (χ1v) is 9.03. The van der Waals surface area contributed by atoms with Gasteiger partial charge < -0.3 is 10.1 Å². The molecule has 0 aliphatic rings. The highest BCUT2D eigenvalue weighted by Crippen LogP contribution is 2.13. The highest BCUT2D eigenvalue weighted by molar-refractivity contribution is 14.1. The molecule has 0 spiro atoms. The van der Waals surface area contributed by atoms with Crippen LogP contribution in [0, 0.1) is 3.57 Å². The van der Waals surface area contributed by atoms with Gasteiger partial charge >= 0.3 is 5.97 Å². The fourth-order valence-electron chi connectivity index (χ4n) is 2.38. The minimum Gasteiger partial charge on any atom is -0.469 e. The lowest BCUT2D eigenvalue weighted by molar-refractivity contribution is -0.141. The van der Waals surface area contributed by atoms with E-state index in [4.69, 9.17) is 4.74 Å². The van der Waals surface area contributed by atoms with E-state index in [1.54, 1.807) is 0 Å². The highest BCUT2D eigenvalue weighted by Gasteiger charge is 2.14. The number of hydrogen-bond acceptors (Lipinski definition) is 4. The van der Waals surface area contributed by atoms with Gasteiger partial charge in [0.25, 0.3) is 0 Å². The van der Waals surface area contributed by atoms with Crippen molar-refractivity contribution < 1.29 is 14.3 Å². The van der Waals surface area contributed by atoms with Crippen LogP contribution in [-0.2, 0) is 20.9 Å². The standard InChI is InChI=1S/C19H21IN2O3/c1-25-19(24)10-11-22(13-15-6-3-2-4-7-15)14-18(23)21-17-9-5-8-16(20)12-17/h2-9,12H,10-11,13-14H2,1H3,(H,21,23). The fourth-order valence-corrected chi connectivity index (χ4v) is 2.92. The molecule has 0 saturated heterocycles. The molecule has 2 aromatic rings. The molecule has 0 aliphatic carbocycles. The monoisotopic (exact) mass is 452 g/mol. The molecule has 2 aromatic carbocycles. The number of halogens is 1. The summed E-state index contributed by atoms with van der Waals surface area (Å²) in [4.78, 5) is 25.7. The summed E-state index contributed by atoms with van der Waals surface area (Å²) in [6, 6.07) is 17.5. The minimum atomic E-state index is -0.281. The molecule has 0 fully saturated rings. The first-order chi connectivity index (χ1) is 12.1. The van der Waals surface area contributed by atoms with Crippen LogP contribution in [-0.4, -0.2) is 37.0 Å². The normalized spacial score (nSPS) is 10.5. The van der Waals surface area contributed by atoms with Gasteiger partial charge in [-0.1, -0.05) is 36.4 Å². The van der Waals surface area contributed by atoms with E-state index in [0.717, 1.165) is 14.8 Å². The Morgan fingerprint density at radius 3 is 2.56 bits per heavy atom. The first-order valence-electron chi connectivity index (χ1n) is 7.95. The van der Waals surface area contributed by atoms with E-state index in [1.165, 1.54) is 7.11 Å². The minimum absolute atomic E-state index is 0.109. The quantitative estimate of drug-likeness (QED) is 0.494. The van der Waals surface area contributed by atoms with Crippen molar-refractivity contribution in [2.45, 2.75) is 13.0 Å². The van der Waals surface area contributed by atoms with Crippen LogP contribution in [0.4, 0.5) is 5.69 Å². The summed E-state index contributed by atoms with van der Waals surface area (Å²) in [5.74, 6) is -0.390. The number of ether oxygens (including phenoxy) is 1. The van der Waals surface area contributed by atoms with Gasteiger partial charge in [-0.25, -0.2) is 0 Å². The zero-order chi connectivity index (χ0) is 18.1. The molecule has 1 N–H and O–H groups in total. The Kier molecular flexibility index (Phi) is 7.87. The van der Waals surface area contributed by atoms with E-state index in [2.05, 4.69) is 27.9 Å². The molecule has 25 heavy (non-hydrogen) atoms. The lowest BCUT2D eigenvalue weighted by Gasteiger charge is -2.21. The zero-order valence-electron chi connectivity index (χ0n) is 14.1. The van der Waals surface area contributed by atoms with Crippen LogP contribution in [0.5, 0.6) is 0 Å². The molecule has 2 rings (SSSR count). The van der Waals surface area contributed by atoms with Crippen molar-refractivity contribution in [3.8, 4) is 0 Å². The maximum atomic E-state index is 12.4. The summed E-state index contributed by atoms with van der Waals surface area (Å²) in [7, 11) is 1.37. The molecule has 0 aliphatic heterocycles. The number of carbonyl (C=O) groups excluding carboxylic acids is 2. The van der Waals surface area contributed by atoms with E-state index in [9.17, 15) is 9.59 Å².